The number of nitrogens with two attached hydrogens (primary N) is 1. The molecule has 0 aromatic heterocycles. The minimum absolute atomic E-state index is 0.0265. The molecular formula is C10H22N2O2. The summed E-state index contributed by atoms with van der Waals surface area (Å²) < 4.78 is 5.54. The van der Waals surface area contributed by atoms with Gasteiger partial charge in [-0.3, -0.25) is 4.90 Å². The van der Waals surface area contributed by atoms with Gasteiger partial charge >= 0.3 is 0 Å². The summed E-state index contributed by atoms with van der Waals surface area (Å²) >= 11 is 0. The van der Waals surface area contributed by atoms with E-state index in [0.717, 1.165) is 32.7 Å². The summed E-state index contributed by atoms with van der Waals surface area (Å²) in [6.07, 6.45) is 1.32. The molecule has 0 bridgehead atoms. The lowest BCUT2D eigenvalue weighted by atomic mass is 10.0. The molecule has 3 N–H and O–H groups in total. The van der Waals surface area contributed by atoms with Crippen molar-refractivity contribution in [1.82, 2.24) is 4.90 Å². The maximum absolute atomic E-state index is 9.08. The van der Waals surface area contributed by atoms with E-state index in [1.165, 1.54) is 0 Å². The molecule has 0 aliphatic carbocycles. The SMILES string of the molecule is CC1CN(CC(C)(N)CO)CCCO1. The minimum atomic E-state index is -0.496. The molecule has 0 amide bonds. The molecule has 1 saturated heterocycles. The first-order chi connectivity index (χ1) is 6.53. The topological polar surface area (TPSA) is 58.7 Å². The molecule has 0 spiro atoms. The van der Waals surface area contributed by atoms with E-state index in [4.69, 9.17) is 15.6 Å². The molecule has 14 heavy (non-hydrogen) atoms. The van der Waals surface area contributed by atoms with Gasteiger partial charge < -0.3 is 15.6 Å². The molecule has 0 aromatic rings. The second-order valence-corrected chi connectivity index (χ2v) is 4.58. The van der Waals surface area contributed by atoms with Gasteiger partial charge in [-0.15, -0.1) is 0 Å². The van der Waals surface area contributed by atoms with Gasteiger partial charge in [-0.25, -0.2) is 0 Å². The largest absolute Gasteiger partial charge is 0.394 e. The summed E-state index contributed by atoms with van der Waals surface area (Å²) in [5.41, 5.74) is 5.41. The molecule has 1 aliphatic rings. The predicted octanol–water partition coefficient (Wildman–Crippen LogP) is -0.193. The van der Waals surface area contributed by atoms with Crippen LogP contribution in [0.15, 0.2) is 0 Å². The van der Waals surface area contributed by atoms with Crippen molar-refractivity contribution < 1.29 is 9.84 Å². The van der Waals surface area contributed by atoms with E-state index in [1.54, 1.807) is 0 Å². The zero-order valence-corrected chi connectivity index (χ0v) is 9.20. The van der Waals surface area contributed by atoms with E-state index < -0.39 is 5.54 Å². The van der Waals surface area contributed by atoms with Gasteiger partial charge in [0.25, 0.3) is 0 Å². The van der Waals surface area contributed by atoms with Crippen LogP contribution in [0.2, 0.25) is 0 Å². The van der Waals surface area contributed by atoms with Gasteiger partial charge in [0.2, 0.25) is 0 Å². The number of nitrogens with zero attached hydrogens (tertiary/aromatic N) is 1. The first kappa shape index (κ1) is 11.9. The van der Waals surface area contributed by atoms with E-state index in [9.17, 15) is 0 Å². The van der Waals surface area contributed by atoms with Crippen LogP contribution in [0.1, 0.15) is 20.3 Å². The van der Waals surface area contributed by atoms with Crippen LogP contribution in [0.5, 0.6) is 0 Å². The van der Waals surface area contributed by atoms with Crippen molar-refractivity contribution in [2.24, 2.45) is 5.73 Å². The van der Waals surface area contributed by atoms with Crippen molar-refractivity contribution >= 4 is 0 Å². The summed E-state index contributed by atoms with van der Waals surface area (Å²) in [5, 5.41) is 9.08. The van der Waals surface area contributed by atoms with Crippen molar-refractivity contribution in [1.29, 1.82) is 0 Å². The normalized spacial score (nSPS) is 29.6. The Bertz CT molecular complexity index is 174. The fourth-order valence-electron chi connectivity index (χ4n) is 1.78. The number of hydrogen-bond donors (Lipinski definition) is 2. The third kappa shape index (κ3) is 3.92. The molecule has 1 fully saturated rings. The second-order valence-electron chi connectivity index (χ2n) is 4.58. The molecule has 4 nitrogen and oxygen atoms in total. The summed E-state index contributed by atoms with van der Waals surface area (Å²) in [5.74, 6) is 0. The van der Waals surface area contributed by atoms with Gasteiger partial charge in [-0.05, 0) is 20.3 Å². The van der Waals surface area contributed by atoms with E-state index >= 15 is 0 Å². The Morgan fingerprint density at radius 1 is 1.64 bits per heavy atom. The number of aliphatic hydroxyl groups excluding tert-OH is 1. The van der Waals surface area contributed by atoms with Gasteiger partial charge in [0.15, 0.2) is 0 Å². The second kappa shape index (κ2) is 5.07. The Kier molecular flexibility index (Phi) is 4.31. The number of aliphatic hydroxyl groups is 1. The fourth-order valence-corrected chi connectivity index (χ4v) is 1.78. The first-order valence-electron chi connectivity index (χ1n) is 5.27. The average Bonchev–Trinajstić information content (AvgIpc) is 2.29. The average molecular weight is 202 g/mol. The van der Waals surface area contributed by atoms with Gasteiger partial charge in [-0.1, -0.05) is 0 Å². The zero-order valence-electron chi connectivity index (χ0n) is 9.20. The highest BCUT2D eigenvalue weighted by atomic mass is 16.5. The third-order valence-electron chi connectivity index (χ3n) is 2.48. The number of ether oxygens (including phenoxy) is 1. The van der Waals surface area contributed by atoms with Gasteiger partial charge in [0, 0.05) is 31.8 Å². The molecule has 1 heterocycles. The van der Waals surface area contributed by atoms with Crippen molar-refractivity contribution in [3.05, 3.63) is 0 Å². The van der Waals surface area contributed by atoms with Gasteiger partial charge in [-0.2, -0.15) is 0 Å². The number of hydrogen-bond acceptors (Lipinski definition) is 4. The van der Waals surface area contributed by atoms with Crippen molar-refractivity contribution in [3.8, 4) is 0 Å². The van der Waals surface area contributed by atoms with Gasteiger partial charge in [0.1, 0.15) is 0 Å². The monoisotopic (exact) mass is 202 g/mol. The summed E-state index contributed by atoms with van der Waals surface area (Å²) in [6.45, 7) is 7.46. The molecule has 0 radical (unpaired) electrons. The highest BCUT2D eigenvalue weighted by Crippen LogP contribution is 2.09. The van der Waals surface area contributed by atoms with Crippen LogP contribution in [0.3, 0.4) is 0 Å². The molecule has 0 aromatic carbocycles. The minimum Gasteiger partial charge on any atom is -0.394 e. The molecule has 0 saturated carbocycles. The standard InChI is InChI=1S/C10H22N2O2/c1-9-6-12(4-3-5-14-9)7-10(2,11)8-13/h9,13H,3-8,11H2,1-2H3. The van der Waals surface area contributed by atoms with Crippen LogP contribution in [0.25, 0.3) is 0 Å². The maximum atomic E-state index is 9.08. The summed E-state index contributed by atoms with van der Waals surface area (Å²) in [4.78, 5) is 2.27. The third-order valence-corrected chi connectivity index (χ3v) is 2.48. The molecule has 4 heteroatoms. The molecule has 84 valence electrons. The van der Waals surface area contributed by atoms with E-state index in [-0.39, 0.29) is 12.7 Å². The van der Waals surface area contributed by atoms with Crippen molar-refractivity contribution in [2.45, 2.75) is 31.9 Å². The highest BCUT2D eigenvalue weighted by Gasteiger charge is 2.23. The first-order valence-corrected chi connectivity index (χ1v) is 5.27. The quantitative estimate of drug-likeness (QED) is 0.666. The van der Waals surface area contributed by atoms with Crippen LogP contribution < -0.4 is 5.73 Å². The molecule has 2 unspecified atom stereocenters. The lowest BCUT2D eigenvalue weighted by Gasteiger charge is -2.30. The molecule has 1 aliphatic heterocycles. The van der Waals surface area contributed by atoms with Crippen LogP contribution in [-0.2, 0) is 4.74 Å². The maximum Gasteiger partial charge on any atom is 0.0673 e. The lowest BCUT2D eigenvalue weighted by molar-refractivity contribution is 0.0618. The van der Waals surface area contributed by atoms with E-state index in [2.05, 4.69) is 11.8 Å². The van der Waals surface area contributed by atoms with Crippen LogP contribution >= 0.6 is 0 Å². The summed E-state index contributed by atoms with van der Waals surface area (Å²) in [6, 6.07) is 0. The predicted molar refractivity (Wildman–Crippen MR) is 56.1 cm³/mol. The van der Waals surface area contributed by atoms with Gasteiger partial charge in [0.05, 0.1) is 12.7 Å². The highest BCUT2D eigenvalue weighted by molar-refractivity contribution is 4.83. The van der Waals surface area contributed by atoms with Crippen LogP contribution in [0, 0.1) is 0 Å². The summed E-state index contributed by atoms with van der Waals surface area (Å²) in [7, 11) is 0. The number of rotatable bonds is 3. The lowest BCUT2D eigenvalue weighted by Crippen LogP contribution is -2.51. The Morgan fingerprint density at radius 3 is 3.00 bits per heavy atom. The fraction of sp³-hybridized carbons (Fsp3) is 1.00. The van der Waals surface area contributed by atoms with E-state index in [1.807, 2.05) is 6.92 Å². The van der Waals surface area contributed by atoms with Crippen molar-refractivity contribution in [3.63, 3.8) is 0 Å². The Hall–Kier alpha value is -0.160. The van der Waals surface area contributed by atoms with Crippen molar-refractivity contribution in [2.75, 3.05) is 32.8 Å². The molecule has 1 rings (SSSR count). The Morgan fingerprint density at radius 2 is 2.36 bits per heavy atom. The Labute approximate surface area is 86.0 Å². The molecular weight excluding hydrogens is 180 g/mol. The zero-order chi connectivity index (χ0) is 10.6. The van der Waals surface area contributed by atoms with Crippen LogP contribution in [-0.4, -0.2) is 54.5 Å². The van der Waals surface area contributed by atoms with E-state index in [0.29, 0.717) is 0 Å². The Balaban J connectivity index is 2.42. The van der Waals surface area contributed by atoms with Crippen LogP contribution in [0.4, 0.5) is 0 Å². The smallest absolute Gasteiger partial charge is 0.0673 e. The molecule has 2 atom stereocenters.